The first-order valence-corrected chi connectivity index (χ1v) is 6.79. The molecule has 1 saturated carbocycles. The van der Waals surface area contributed by atoms with Crippen LogP contribution in [-0.4, -0.2) is 29.1 Å². The van der Waals surface area contributed by atoms with Crippen molar-refractivity contribution in [2.24, 2.45) is 11.7 Å². The fourth-order valence-electron chi connectivity index (χ4n) is 3.48. The number of benzene rings is 1. The molecule has 4 heteroatoms. The van der Waals surface area contributed by atoms with Crippen LogP contribution in [0.3, 0.4) is 0 Å². The second-order valence-electron chi connectivity index (χ2n) is 5.88. The average molecular weight is 262 g/mol. The Kier molecular flexibility index (Phi) is 2.86. The summed E-state index contributed by atoms with van der Waals surface area (Å²) in [6.45, 7) is 2.47. The third-order valence-electron chi connectivity index (χ3n) is 4.58. The van der Waals surface area contributed by atoms with Gasteiger partial charge >= 0.3 is 0 Å². The Labute approximate surface area is 112 Å². The van der Waals surface area contributed by atoms with E-state index in [2.05, 4.69) is 0 Å². The van der Waals surface area contributed by atoms with Crippen molar-refractivity contribution in [2.45, 2.75) is 37.5 Å². The topological polar surface area (TPSA) is 46.3 Å². The smallest absolute Gasteiger partial charge is 0.228 e. The number of rotatable bonds is 2. The van der Waals surface area contributed by atoms with Gasteiger partial charge in [-0.05, 0) is 25.3 Å². The highest BCUT2D eigenvalue weighted by Crippen LogP contribution is 2.44. The zero-order chi connectivity index (χ0) is 13.6. The van der Waals surface area contributed by atoms with Crippen molar-refractivity contribution >= 4 is 5.91 Å². The Bertz CT molecular complexity index is 492. The maximum Gasteiger partial charge on any atom is 0.228 e. The standard InChI is InChI=1S/C15H19FN2O/c1-10(11-5-3-2-4-6-11)18-9-15(17)8-12(16)7-13(15)14(18)19/h2-6,10,12-13H,7-9,17H2,1H3/t10-,12?,13-,15-/m1/s1. The largest absolute Gasteiger partial charge is 0.334 e. The van der Waals surface area contributed by atoms with Gasteiger partial charge in [-0.3, -0.25) is 4.79 Å². The van der Waals surface area contributed by atoms with E-state index < -0.39 is 11.7 Å². The molecule has 19 heavy (non-hydrogen) atoms. The molecule has 2 aliphatic rings. The molecule has 3 rings (SSSR count). The molecular weight excluding hydrogens is 243 g/mol. The Hall–Kier alpha value is -1.42. The van der Waals surface area contributed by atoms with E-state index in [-0.39, 0.29) is 24.3 Å². The summed E-state index contributed by atoms with van der Waals surface area (Å²) in [5.74, 6) is -0.326. The zero-order valence-corrected chi connectivity index (χ0v) is 11.1. The van der Waals surface area contributed by atoms with Gasteiger partial charge in [0.15, 0.2) is 0 Å². The predicted molar refractivity (Wildman–Crippen MR) is 71.1 cm³/mol. The maximum atomic E-state index is 13.5. The fourth-order valence-corrected chi connectivity index (χ4v) is 3.48. The third-order valence-corrected chi connectivity index (χ3v) is 4.58. The number of nitrogens with two attached hydrogens (primary N) is 1. The molecule has 1 unspecified atom stereocenters. The van der Waals surface area contributed by atoms with E-state index in [1.54, 1.807) is 0 Å². The van der Waals surface area contributed by atoms with Crippen LogP contribution in [0.4, 0.5) is 4.39 Å². The second-order valence-corrected chi connectivity index (χ2v) is 5.88. The lowest BCUT2D eigenvalue weighted by Gasteiger charge is -2.28. The number of halogens is 1. The number of carbonyl (C=O) groups is 1. The summed E-state index contributed by atoms with van der Waals surface area (Å²) in [6.07, 6.45) is -0.331. The van der Waals surface area contributed by atoms with Crippen LogP contribution in [0.1, 0.15) is 31.4 Å². The van der Waals surface area contributed by atoms with Gasteiger partial charge in [-0.2, -0.15) is 0 Å². The molecule has 1 aromatic carbocycles. The number of amides is 1. The molecule has 2 fully saturated rings. The van der Waals surface area contributed by atoms with Gasteiger partial charge in [0, 0.05) is 12.1 Å². The van der Waals surface area contributed by atoms with Crippen molar-refractivity contribution < 1.29 is 9.18 Å². The van der Waals surface area contributed by atoms with Crippen molar-refractivity contribution in [2.75, 3.05) is 6.54 Å². The monoisotopic (exact) mass is 262 g/mol. The van der Waals surface area contributed by atoms with Crippen molar-refractivity contribution in [3.05, 3.63) is 35.9 Å². The lowest BCUT2D eigenvalue weighted by Crippen LogP contribution is -2.45. The first-order valence-electron chi connectivity index (χ1n) is 6.79. The van der Waals surface area contributed by atoms with E-state index in [0.29, 0.717) is 13.0 Å². The molecule has 1 saturated heterocycles. The highest BCUT2D eigenvalue weighted by molar-refractivity contribution is 5.84. The van der Waals surface area contributed by atoms with Crippen LogP contribution in [0.5, 0.6) is 0 Å². The highest BCUT2D eigenvalue weighted by Gasteiger charge is 2.56. The van der Waals surface area contributed by atoms with Crippen LogP contribution in [0.15, 0.2) is 30.3 Å². The number of likely N-dealkylation sites (tertiary alicyclic amines) is 1. The molecule has 0 radical (unpaired) electrons. The number of nitrogens with zero attached hydrogens (tertiary/aromatic N) is 1. The van der Waals surface area contributed by atoms with Gasteiger partial charge in [-0.15, -0.1) is 0 Å². The summed E-state index contributed by atoms with van der Waals surface area (Å²) in [4.78, 5) is 14.2. The Balaban J connectivity index is 1.83. The molecule has 2 N–H and O–H groups in total. The van der Waals surface area contributed by atoms with Crippen molar-refractivity contribution in [3.8, 4) is 0 Å². The van der Waals surface area contributed by atoms with Gasteiger partial charge in [-0.25, -0.2) is 4.39 Å². The van der Waals surface area contributed by atoms with E-state index in [1.807, 2.05) is 42.2 Å². The Morgan fingerprint density at radius 1 is 1.42 bits per heavy atom. The molecule has 1 amide bonds. The first kappa shape index (κ1) is 12.6. The normalized spacial score (nSPS) is 35.5. The van der Waals surface area contributed by atoms with Crippen molar-refractivity contribution in [1.29, 1.82) is 0 Å². The lowest BCUT2D eigenvalue weighted by atomic mass is 9.92. The van der Waals surface area contributed by atoms with E-state index in [4.69, 9.17) is 5.73 Å². The number of alkyl halides is 1. The third kappa shape index (κ3) is 1.94. The maximum absolute atomic E-state index is 13.5. The Morgan fingerprint density at radius 3 is 2.74 bits per heavy atom. The van der Waals surface area contributed by atoms with Gasteiger partial charge in [-0.1, -0.05) is 30.3 Å². The fraction of sp³-hybridized carbons (Fsp3) is 0.533. The molecule has 4 atom stereocenters. The van der Waals surface area contributed by atoms with E-state index >= 15 is 0 Å². The van der Waals surface area contributed by atoms with Crippen LogP contribution in [0.2, 0.25) is 0 Å². The van der Waals surface area contributed by atoms with E-state index in [0.717, 1.165) is 5.56 Å². The minimum absolute atomic E-state index is 0.00205. The quantitative estimate of drug-likeness (QED) is 0.886. The van der Waals surface area contributed by atoms with Crippen LogP contribution in [-0.2, 0) is 4.79 Å². The lowest BCUT2D eigenvalue weighted by molar-refractivity contribution is -0.133. The van der Waals surface area contributed by atoms with Gasteiger partial charge in [0.2, 0.25) is 5.91 Å². The highest BCUT2D eigenvalue weighted by atomic mass is 19.1. The minimum Gasteiger partial charge on any atom is -0.334 e. The molecule has 1 aromatic rings. The summed E-state index contributed by atoms with van der Waals surface area (Å²) < 4.78 is 13.5. The molecule has 0 bridgehead atoms. The van der Waals surface area contributed by atoms with Crippen LogP contribution in [0, 0.1) is 5.92 Å². The Morgan fingerprint density at radius 2 is 2.11 bits per heavy atom. The number of carbonyl (C=O) groups excluding carboxylic acids is 1. The van der Waals surface area contributed by atoms with Gasteiger partial charge < -0.3 is 10.6 Å². The van der Waals surface area contributed by atoms with Crippen LogP contribution < -0.4 is 5.73 Å². The van der Waals surface area contributed by atoms with E-state index in [1.165, 1.54) is 0 Å². The second kappa shape index (κ2) is 4.30. The molecule has 102 valence electrons. The molecule has 3 nitrogen and oxygen atoms in total. The van der Waals surface area contributed by atoms with Gasteiger partial charge in [0.25, 0.3) is 0 Å². The zero-order valence-electron chi connectivity index (χ0n) is 11.1. The minimum atomic E-state index is -0.923. The summed E-state index contributed by atoms with van der Waals surface area (Å²) in [7, 11) is 0. The van der Waals surface area contributed by atoms with Crippen LogP contribution >= 0.6 is 0 Å². The summed E-state index contributed by atoms with van der Waals surface area (Å²) in [5.41, 5.74) is 6.68. The van der Waals surface area contributed by atoms with Gasteiger partial charge in [0.05, 0.1) is 12.0 Å². The molecule has 1 heterocycles. The summed E-state index contributed by atoms with van der Waals surface area (Å²) >= 11 is 0. The van der Waals surface area contributed by atoms with Gasteiger partial charge in [0.1, 0.15) is 6.17 Å². The molecule has 1 aliphatic carbocycles. The molecule has 1 aliphatic heterocycles. The number of fused-ring (bicyclic) bond motifs is 1. The molecule has 0 spiro atoms. The van der Waals surface area contributed by atoms with Crippen LogP contribution in [0.25, 0.3) is 0 Å². The first-order chi connectivity index (χ1) is 9.01. The van der Waals surface area contributed by atoms with Crippen molar-refractivity contribution in [1.82, 2.24) is 4.90 Å². The average Bonchev–Trinajstić information content (AvgIpc) is 2.82. The number of hydrogen-bond donors (Lipinski definition) is 1. The van der Waals surface area contributed by atoms with E-state index in [9.17, 15) is 9.18 Å². The predicted octanol–water partition coefficient (Wildman–Crippen LogP) is 2.04. The molecular formula is C15H19FN2O. The summed E-state index contributed by atoms with van der Waals surface area (Å²) in [6, 6.07) is 9.89. The number of hydrogen-bond acceptors (Lipinski definition) is 2. The SMILES string of the molecule is C[C@H](c1ccccc1)N1C[C@]2(N)CC(F)C[C@@H]2C1=O. The molecule has 0 aromatic heterocycles. The van der Waals surface area contributed by atoms with Crippen molar-refractivity contribution in [3.63, 3.8) is 0 Å². The summed E-state index contributed by atoms with van der Waals surface area (Å²) in [5, 5.41) is 0.